The highest BCUT2D eigenvalue weighted by Crippen LogP contribution is 2.36. The molecule has 1 unspecified atom stereocenters. The van der Waals surface area contributed by atoms with Crippen molar-refractivity contribution in [3.8, 4) is 5.88 Å². The second-order valence-corrected chi connectivity index (χ2v) is 4.98. The summed E-state index contributed by atoms with van der Waals surface area (Å²) in [6.45, 7) is 2.58. The van der Waals surface area contributed by atoms with E-state index in [1.54, 1.807) is 6.20 Å². The lowest BCUT2D eigenvalue weighted by atomic mass is 10.1. The fraction of sp³-hybridized carbons (Fsp3) is 0.312. The molecule has 1 aliphatic carbocycles. The maximum Gasteiger partial charge on any atom is 0.237 e. The third-order valence-electron chi connectivity index (χ3n) is 3.63. The van der Waals surface area contributed by atoms with Crippen molar-refractivity contribution < 1.29 is 4.74 Å². The van der Waals surface area contributed by atoms with E-state index in [9.17, 15) is 0 Å². The second-order valence-electron chi connectivity index (χ2n) is 4.98. The third-order valence-corrected chi connectivity index (χ3v) is 3.63. The number of rotatable bonds is 4. The van der Waals surface area contributed by atoms with Crippen molar-refractivity contribution in [3.63, 3.8) is 0 Å². The Hall–Kier alpha value is -2.23. The molecular formula is C16H19N3O. The maximum absolute atomic E-state index is 5.84. The number of nitrogens with one attached hydrogen (secondary N) is 1. The molecule has 2 aromatic rings. The molecule has 0 amide bonds. The van der Waals surface area contributed by atoms with Crippen LogP contribution in [0.15, 0.2) is 36.5 Å². The van der Waals surface area contributed by atoms with Crippen LogP contribution in [0.3, 0.4) is 0 Å². The van der Waals surface area contributed by atoms with Gasteiger partial charge in [0.25, 0.3) is 0 Å². The topological polar surface area (TPSA) is 60.2 Å². The summed E-state index contributed by atoms with van der Waals surface area (Å²) in [6.07, 6.45) is 3.88. The van der Waals surface area contributed by atoms with Crippen LogP contribution in [0, 0.1) is 0 Å². The van der Waals surface area contributed by atoms with E-state index < -0.39 is 0 Å². The van der Waals surface area contributed by atoms with E-state index in [2.05, 4.69) is 22.4 Å². The first-order valence-electron chi connectivity index (χ1n) is 7.00. The van der Waals surface area contributed by atoms with Gasteiger partial charge in [-0.3, -0.25) is 0 Å². The summed E-state index contributed by atoms with van der Waals surface area (Å²) in [5.74, 6) is 0.666. The van der Waals surface area contributed by atoms with Crippen molar-refractivity contribution in [2.75, 3.05) is 17.7 Å². The molecular weight excluding hydrogens is 250 g/mol. The van der Waals surface area contributed by atoms with Crippen LogP contribution in [0.5, 0.6) is 5.88 Å². The van der Waals surface area contributed by atoms with Gasteiger partial charge in [-0.15, -0.1) is 0 Å². The number of hydrogen-bond acceptors (Lipinski definition) is 4. The van der Waals surface area contributed by atoms with Gasteiger partial charge in [0.05, 0.1) is 18.3 Å². The Morgan fingerprint density at radius 3 is 3.15 bits per heavy atom. The average Bonchev–Trinajstić information content (AvgIpc) is 2.83. The van der Waals surface area contributed by atoms with Gasteiger partial charge >= 0.3 is 0 Å². The molecule has 1 aliphatic rings. The molecule has 4 heteroatoms. The summed E-state index contributed by atoms with van der Waals surface area (Å²) in [5.41, 5.74) is 10.3. The van der Waals surface area contributed by atoms with E-state index in [1.807, 2.05) is 25.1 Å². The van der Waals surface area contributed by atoms with Gasteiger partial charge in [-0.1, -0.05) is 6.07 Å². The molecule has 20 heavy (non-hydrogen) atoms. The summed E-state index contributed by atoms with van der Waals surface area (Å²) >= 11 is 0. The largest absolute Gasteiger partial charge is 0.476 e. The van der Waals surface area contributed by atoms with Crippen molar-refractivity contribution in [1.82, 2.24) is 4.98 Å². The van der Waals surface area contributed by atoms with Gasteiger partial charge in [0.2, 0.25) is 5.88 Å². The lowest BCUT2D eigenvalue weighted by Crippen LogP contribution is -2.09. The van der Waals surface area contributed by atoms with Crippen molar-refractivity contribution in [3.05, 3.63) is 47.7 Å². The minimum absolute atomic E-state index is 0.300. The Morgan fingerprint density at radius 2 is 2.30 bits per heavy atom. The highest BCUT2D eigenvalue weighted by Gasteiger charge is 2.23. The number of nitrogens with zero attached hydrogens (tertiary/aromatic N) is 1. The molecule has 0 radical (unpaired) electrons. The minimum atomic E-state index is 0.300. The van der Waals surface area contributed by atoms with Crippen LogP contribution in [0.4, 0.5) is 11.4 Å². The number of hydrogen-bond donors (Lipinski definition) is 2. The number of nitrogens with two attached hydrogens (primary N) is 1. The van der Waals surface area contributed by atoms with Crippen LogP contribution in [0.2, 0.25) is 0 Å². The first kappa shape index (κ1) is 12.8. The van der Waals surface area contributed by atoms with E-state index >= 15 is 0 Å². The van der Waals surface area contributed by atoms with Gasteiger partial charge in [-0.2, -0.15) is 0 Å². The zero-order chi connectivity index (χ0) is 13.9. The predicted octanol–water partition coefficient (Wildman–Crippen LogP) is 3.16. The molecule has 0 saturated carbocycles. The van der Waals surface area contributed by atoms with Crippen LogP contribution >= 0.6 is 0 Å². The summed E-state index contributed by atoms with van der Waals surface area (Å²) < 4.78 is 5.56. The van der Waals surface area contributed by atoms with Crippen LogP contribution in [-0.4, -0.2) is 11.6 Å². The molecule has 0 saturated heterocycles. The van der Waals surface area contributed by atoms with Gasteiger partial charge in [0.1, 0.15) is 0 Å². The van der Waals surface area contributed by atoms with Crippen molar-refractivity contribution in [2.45, 2.75) is 25.8 Å². The Labute approximate surface area is 119 Å². The summed E-state index contributed by atoms with van der Waals surface area (Å²) in [4.78, 5) is 4.28. The molecule has 1 aromatic carbocycles. The molecule has 104 valence electrons. The van der Waals surface area contributed by atoms with E-state index in [4.69, 9.17) is 10.5 Å². The van der Waals surface area contributed by atoms with E-state index in [0.717, 1.165) is 24.2 Å². The molecule has 3 rings (SSSR count). The highest BCUT2D eigenvalue weighted by atomic mass is 16.5. The van der Waals surface area contributed by atoms with Crippen LogP contribution < -0.4 is 15.8 Å². The lowest BCUT2D eigenvalue weighted by Gasteiger charge is -2.17. The minimum Gasteiger partial charge on any atom is -0.476 e. The number of aryl methyl sites for hydroxylation is 1. The Kier molecular flexibility index (Phi) is 3.46. The predicted molar refractivity (Wildman–Crippen MR) is 80.9 cm³/mol. The third kappa shape index (κ3) is 2.41. The highest BCUT2D eigenvalue weighted by molar-refractivity contribution is 5.56. The molecule has 0 spiro atoms. The monoisotopic (exact) mass is 269 g/mol. The van der Waals surface area contributed by atoms with Crippen LogP contribution in [0.25, 0.3) is 0 Å². The fourth-order valence-corrected chi connectivity index (χ4v) is 2.73. The molecule has 0 bridgehead atoms. The average molecular weight is 269 g/mol. The number of anilines is 2. The number of pyridine rings is 1. The number of nitrogen functional groups attached to an aromatic ring is 1. The zero-order valence-corrected chi connectivity index (χ0v) is 11.6. The van der Waals surface area contributed by atoms with Crippen LogP contribution in [0.1, 0.15) is 30.5 Å². The van der Waals surface area contributed by atoms with E-state index in [1.165, 1.54) is 11.1 Å². The standard InChI is InChI=1S/C16H19N3O/c1-2-20-16-15(4-3-9-18-16)19-14-8-5-11-10-12(17)6-7-13(11)14/h3-4,6-7,9-10,14,19H,2,5,8,17H2,1H3. The lowest BCUT2D eigenvalue weighted by molar-refractivity contribution is 0.328. The normalized spacial score (nSPS) is 16.8. The molecule has 1 heterocycles. The van der Waals surface area contributed by atoms with E-state index in [-0.39, 0.29) is 0 Å². The first-order chi connectivity index (χ1) is 9.78. The Balaban J connectivity index is 1.84. The van der Waals surface area contributed by atoms with Crippen molar-refractivity contribution in [1.29, 1.82) is 0 Å². The van der Waals surface area contributed by atoms with Crippen LogP contribution in [-0.2, 0) is 6.42 Å². The fourth-order valence-electron chi connectivity index (χ4n) is 2.73. The SMILES string of the molecule is CCOc1ncccc1NC1CCc2cc(N)ccc21. The number of ether oxygens (including phenoxy) is 1. The van der Waals surface area contributed by atoms with Gasteiger partial charge in [0.15, 0.2) is 0 Å². The number of benzene rings is 1. The maximum atomic E-state index is 5.84. The number of aromatic nitrogens is 1. The second kappa shape index (κ2) is 5.41. The summed E-state index contributed by atoms with van der Waals surface area (Å²) in [6, 6.07) is 10.4. The van der Waals surface area contributed by atoms with Gasteiger partial charge in [-0.05, 0) is 55.2 Å². The van der Waals surface area contributed by atoms with Gasteiger partial charge < -0.3 is 15.8 Å². The van der Waals surface area contributed by atoms with E-state index in [0.29, 0.717) is 18.5 Å². The molecule has 0 fully saturated rings. The summed E-state index contributed by atoms with van der Waals surface area (Å²) in [7, 11) is 0. The first-order valence-corrected chi connectivity index (χ1v) is 7.00. The smallest absolute Gasteiger partial charge is 0.237 e. The Morgan fingerprint density at radius 1 is 1.40 bits per heavy atom. The number of fused-ring (bicyclic) bond motifs is 1. The molecule has 1 aromatic heterocycles. The van der Waals surface area contributed by atoms with Crippen molar-refractivity contribution >= 4 is 11.4 Å². The molecule has 1 atom stereocenters. The summed E-state index contributed by atoms with van der Waals surface area (Å²) in [5, 5.41) is 3.54. The van der Waals surface area contributed by atoms with Gasteiger partial charge in [-0.25, -0.2) is 4.98 Å². The Bertz CT molecular complexity index is 612. The van der Waals surface area contributed by atoms with Gasteiger partial charge in [0, 0.05) is 11.9 Å². The quantitative estimate of drug-likeness (QED) is 0.837. The van der Waals surface area contributed by atoms with Crippen molar-refractivity contribution in [2.24, 2.45) is 0 Å². The molecule has 0 aliphatic heterocycles. The zero-order valence-electron chi connectivity index (χ0n) is 11.6. The molecule has 3 N–H and O–H groups in total. The molecule has 4 nitrogen and oxygen atoms in total.